The van der Waals surface area contributed by atoms with Gasteiger partial charge in [-0.3, -0.25) is 4.79 Å². The quantitative estimate of drug-likeness (QED) is 0.842. The molecule has 3 nitrogen and oxygen atoms in total. The van der Waals surface area contributed by atoms with Gasteiger partial charge in [-0.1, -0.05) is 18.9 Å². The lowest BCUT2D eigenvalue weighted by atomic mass is 10.2. The summed E-state index contributed by atoms with van der Waals surface area (Å²) in [6, 6.07) is 6.39. The predicted molar refractivity (Wildman–Crippen MR) is 65.3 cm³/mol. The Morgan fingerprint density at radius 3 is 2.82 bits per heavy atom. The normalized spacial score (nSPS) is 16.1. The van der Waals surface area contributed by atoms with Crippen LogP contribution in [0.2, 0.25) is 0 Å². The molecular weight excluding hydrogens is 219 g/mol. The van der Waals surface area contributed by atoms with E-state index in [2.05, 4.69) is 10.6 Å². The summed E-state index contributed by atoms with van der Waals surface area (Å²) < 4.78 is 12.9. The number of halogens is 1. The summed E-state index contributed by atoms with van der Waals surface area (Å²) in [5.74, 6) is -0.464. The Morgan fingerprint density at radius 2 is 2.12 bits per heavy atom. The maximum atomic E-state index is 12.9. The van der Waals surface area contributed by atoms with Crippen LogP contribution >= 0.6 is 0 Å². The van der Waals surface area contributed by atoms with Crippen molar-refractivity contribution in [3.63, 3.8) is 0 Å². The van der Waals surface area contributed by atoms with Crippen molar-refractivity contribution < 1.29 is 9.18 Å². The Labute approximate surface area is 100 Å². The van der Waals surface area contributed by atoms with E-state index < -0.39 is 0 Å². The average Bonchev–Trinajstić information content (AvgIpc) is 2.79. The Bertz CT molecular complexity index is 389. The van der Waals surface area contributed by atoms with Crippen LogP contribution < -0.4 is 10.6 Å². The van der Waals surface area contributed by atoms with Crippen molar-refractivity contribution in [2.24, 2.45) is 0 Å². The molecule has 2 N–H and O–H groups in total. The molecule has 1 saturated carbocycles. The van der Waals surface area contributed by atoms with Gasteiger partial charge in [0, 0.05) is 11.7 Å². The van der Waals surface area contributed by atoms with Crippen LogP contribution in [0.5, 0.6) is 0 Å². The predicted octanol–water partition coefficient (Wildman–Crippen LogP) is 2.30. The molecule has 0 aliphatic heterocycles. The number of hydrogen-bond donors (Lipinski definition) is 2. The van der Waals surface area contributed by atoms with Crippen LogP contribution in [0, 0.1) is 5.82 Å². The molecule has 0 atom stereocenters. The molecule has 1 aliphatic rings. The first kappa shape index (κ1) is 12.0. The number of hydrogen-bond acceptors (Lipinski definition) is 2. The minimum atomic E-state index is -0.341. The maximum Gasteiger partial charge on any atom is 0.238 e. The largest absolute Gasteiger partial charge is 0.325 e. The molecule has 0 radical (unpaired) electrons. The van der Waals surface area contributed by atoms with Gasteiger partial charge in [0.05, 0.1) is 6.54 Å². The molecule has 0 saturated heterocycles. The fourth-order valence-corrected chi connectivity index (χ4v) is 2.14. The molecule has 0 bridgehead atoms. The zero-order chi connectivity index (χ0) is 12.1. The monoisotopic (exact) mass is 236 g/mol. The lowest BCUT2D eigenvalue weighted by Gasteiger charge is -2.11. The van der Waals surface area contributed by atoms with E-state index >= 15 is 0 Å². The van der Waals surface area contributed by atoms with E-state index in [1.165, 1.54) is 25.0 Å². The van der Waals surface area contributed by atoms with Gasteiger partial charge in [-0.2, -0.15) is 0 Å². The van der Waals surface area contributed by atoms with E-state index in [4.69, 9.17) is 0 Å². The van der Waals surface area contributed by atoms with Gasteiger partial charge in [0.1, 0.15) is 5.82 Å². The fraction of sp³-hybridized carbons (Fsp3) is 0.462. The van der Waals surface area contributed by atoms with Gasteiger partial charge in [-0.05, 0) is 31.0 Å². The second kappa shape index (κ2) is 5.77. The molecule has 4 heteroatoms. The lowest BCUT2D eigenvalue weighted by molar-refractivity contribution is -0.115. The Balaban J connectivity index is 1.76. The molecule has 0 aromatic heterocycles. The summed E-state index contributed by atoms with van der Waals surface area (Å²) in [6.07, 6.45) is 4.77. The van der Waals surface area contributed by atoms with Crippen LogP contribution in [0.4, 0.5) is 10.1 Å². The molecule has 1 aromatic carbocycles. The second-order valence-electron chi connectivity index (χ2n) is 4.42. The summed E-state index contributed by atoms with van der Waals surface area (Å²) in [6.45, 7) is 0.293. The summed E-state index contributed by atoms with van der Waals surface area (Å²) in [5.41, 5.74) is 0.503. The van der Waals surface area contributed by atoms with Gasteiger partial charge >= 0.3 is 0 Å². The SMILES string of the molecule is O=C(CNC1CCCC1)Nc1cccc(F)c1. The van der Waals surface area contributed by atoms with Crippen molar-refractivity contribution in [2.75, 3.05) is 11.9 Å². The number of anilines is 1. The number of benzene rings is 1. The first-order chi connectivity index (χ1) is 8.24. The Kier molecular flexibility index (Phi) is 4.09. The minimum absolute atomic E-state index is 0.123. The van der Waals surface area contributed by atoms with Crippen molar-refractivity contribution in [1.29, 1.82) is 0 Å². The van der Waals surface area contributed by atoms with Crippen LogP contribution in [0.3, 0.4) is 0 Å². The first-order valence-corrected chi connectivity index (χ1v) is 6.03. The molecule has 2 rings (SSSR count). The molecule has 1 fully saturated rings. The van der Waals surface area contributed by atoms with Gasteiger partial charge < -0.3 is 10.6 Å². The van der Waals surface area contributed by atoms with Crippen LogP contribution in [0.15, 0.2) is 24.3 Å². The van der Waals surface area contributed by atoms with E-state index in [1.807, 2.05) is 0 Å². The number of amides is 1. The summed E-state index contributed by atoms with van der Waals surface area (Å²) >= 11 is 0. The van der Waals surface area contributed by atoms with Crippen LogP contribution in [-0.2, 0) is 4.79 Å². The molecule has 0 heterocycles. The van der Waals surface area contributed by atoms with Gasteiger partial charge in [0.15, 0.2) is 0 Å². The average molecular weight is 236 g/mol. The van der Waals surface area contributed by atoms with Gasteiger partial charge in [-0.15, -0.1) is 0 Å². The molecule has 17 heavy (non-hydrogen) atoms. The standard InChI is InChI=1S/C13H17FN2O/c14-10-4-3-7-12(8-10)16-13(17)9-15-11-5-1-2-6-11/h3-4,7-8,11,15H,1-2,5-6,9H2,(H,16,17). The third-order valence-corrected chi connectivity index (χ3v) is 3.01. The smallest absolute Gasteiger partial charge is 0.238 e. The number of carbonyl (C=O) groups excluding carboxylic acids is 1. The zero-order valence-corrected chi connectivity index (χ0v) is 9.71. The fourth-order valence-electron chi connectivity index (χ4n) is 2.14. The number of nitrogens with one attached hydrogen (secondary N) is 2. The van der Waals surface area contributed by atoms with E-state index in [0.717, 1.165) is 12.8 Å². The van der Waals surface area contributed by atoms with Crippen molar-refractivity contribution in [2.45, 2.75) is 31.7 Å². The van der Waals surface area contributed by atoms with Gasteiger partial charge in [0.25, 0.3) is 0 Å². The minimum Gasteiger partial charge on any atom is -0.325 e. The summed E-state index contributed by atoms with van der Waals surface area (Å²) in [5, 5.41) is 5.88. The first-order valence-electron chi connectivity index (χ1n) is 6.03. The van der Waals surface area contributed by atoms with Crippen molar-refractivity contribution in [3.05, 3.63) is 30.1 Å². The highest BCUT2D eigenvalue weighted by atomic mass is 19.1. The Morgan fingerprint density at radius 1 is 1.35 bits per heavy atom. The van der Waals surface area contributed by atoms with Gasteiger partial charge in [-0.25, -0.2) is 4.39 Å². The zero-order valence-electron chi connectivity index (χ0n) is 9.71. The number of carbonyl (C=O) groups is 1. The second-order valence-corrected chi connectivity index (χ2v) is 4.42. The van der Waals surface area contributed by atoms with E-state index in [1.54, 1.807) is 12.1 Å². The van der Waals surface area contributed by atoms with Crippen molar-refractivity contribution >= 4 is 11.6 Å². The van der Waals surface area contributed by atoms with Crippen molar-refractivity contribution in [3.8, 4) is 0 Å². The highest BCUT2D eigenvalue weighted by molar-refractivity contribution is 5.92. The molecule has 1 amide bonds. The van der Waals surface area contributed by atoms with Crippen LogP contribution in [0.25, 0.3) is 0 Å². The molecule has 0 unspecified atom stereocenters. The maximum absolute atomic E-state index is 12.9. The summed E-state index contributed by atoms with van der Waals surface area (Å²) in [7, 11) is 0. The highest BCUT2D eigenvalue weighted by Crippen LogP contribution is 2.17. The molecule has 0 spiro atoms. The van der Waals surface area contributed by atoms with E-state index in [-0.39, 0.29) is 11.7 Å². The number of rotatable bonds is 4. The molecule has 1 aromatic rings. The molecule has 92 valence electrons. The van der Waals surface area contributed by atoms with Gasteiger partial charge in [0.2, 0.25) is 5.91 Å². The van der Waals surface area contributed by atoms with E-state index in [0.29, 0.717) is 18.3 Å². The van der Waals surface area contributed by atoms with Crippen molar-refractivity contribution in [1.82, 2.24) is 5.32 Å². The van der Waals surface area contributed by atoms with Crippen LogP contribution in [-0.4, -0.2) is 18.5 Å². The molecular formula is C13H17FN2O. The highest BCUT2D eigenvalue weighted by Gasteiger charge is 2.15. The third kappa shape index (κ3) is 3.82. The third-order valence-electron chi connectivity index (χ3n) is 3.01. The molecule has 1 aliphatic carbocycles. The topological polar surface area (TPSA) is 41.1 Å². The lowest BCUT2D eigenvalue weighted by Crippen LogP contribution is -2.34. The summed E-state index contributed by atoms with van der Waals surface area (Å²) in [4.78, 5) is 11.6. The Hall–Kier alpha value is -1.42. The van der Waals surface area contributed by atoms with Crippen LogP contribution in [0.1, 0.15) is 25.7 Å². The van der Waals surface area contributed by atoms with E-state index in [9.17, 15) is 9.18 Å².